The zero-order valence-corrected chi connectivity index (χ0v) is 33.6. The summed E-state index contributed by atoms with van der Waals surface area (Å²) in [6.07, 6.45) is 6.00. The van der Waals surface area contributed by atoms with Crippen molar-refractivity contribution in [1.82, 2.24) is 40.4 Å². The number of fused-ring (bicyclic) bond motifs is 2. The van der Waals surface area contributed by atoms with Crippen molar-refractivity contribution >= 4 is 24.0 Å². The second-order valence-electron chi connectivity index (χ2n) is 16.6. The third-order valence-electron chi connectivity index (χ3n) is 12.1. The Morgan fingerprint density at radius 2 is 1.02 bits per heavy atom. The van der Waals surface area contributed by atoms with Crippen LogP contribution in [0.1, 0.15) is 88.2 Å². The number of amides is 4. The maximum absolute atomic E-state index is 13.7. The standard InChI is InChI=1S/C44H50N8O6/c1-23(2)37(49-43(55)57-5)41(53)51-33-17-29(33)19-35(51)39-45-21-31(47-39)27-13-9-25(10-14-27)7-8-26-11-15-28(16-12-26)32-22-46-40(48-32)36-20-30-18-34(30)52(36)42(54)38(24(3)4)50-44(56)58-6/h9-16,21-24,29-30,33-38H,17-20H2,1-6H3,(H,45,47)(H,46,48)(H,49,55)(H,50,56)/t29-,30-,33-,34-,35-,36-,37-,38-/m0/s1. The number of alkyl carbamates (subject to hydrolysis) is 2. The molecule has 4 aliphatic rings. The minimum atomic E-state index is -0.679. The zero-order valence-electron chi connectivity index (χ0n) is 33.6. The SMILES string of the molecule is COC(=O)N[C@H](C(=O)N1[C@H](c2ncc(-c3ccc(C#Cc4ccc(-c5cnc([C@@H]6C[C@@H]7C[C@@H]7N6C(=O)[C@@H](NC(=O)OC)C(C)C)[nH]5)cc4)cc3)[nH]2)C[C@@H]2C[C@@H]21)C(C)C. The molecule has 4 N–H and O–H groups in total. The summed E-state index contributed by atoms with van der Waals surface area (Å²) < 4.78 is 9.57. The molecule has 0 bridgehead atoms. The van der Waals surface area contributed by atoms with Crippen LogP contribution in [0.3, 0.4) is 0 Å². The van der Waals surface area contributed by atoms with Crippen LogP contribution in [0.2, 0.25) is 0 Å². The number of aromatic amines is 2. The van der Waals surface area contributed by atoms with E-state index >= 15 is 0 Å². The fraction of sp³-hybridized carbons (Fsp3) is 0.455. The topological polar surface area (TPSA) is 175 Å². The molecule has 8 atom stereocenters. The summed E-state index contributed by atoms with van der Waals surface area (Å²) in [4.78, 5) is 71.7. The third-order valence-corrected chi connectivity index (χ3v) is 12.1. The van der Waals surface area contributed by atoms with Gasteiger partial charge in [-0.25, -0.2) is 19.6 Å². The number of piperidine rings is 2. The summed E-state index contributed by atoms with van der Waals surface area (Å²) in [5.74, 6) is 8.49. The Kier molecular flexibility index (Phi) is 10.5. The molecule has 0 unspecified atom stereocenters. The Balaban J connectivity index is 0.903. The van der Waals surface area contributed by atoms with Gasteiger partial charge < -0.3 is 39.9 Å². The molecule has 4 heterocycles. The molecular weight excluding hydrogens is 737 g/mol. The van der Waals surface area contributed by atoms with Crippen molar-refractivity contribution in [1.29, 1.82) is 0 Å². The molecule has 2 aromatic heterocycles. The number of aromatic nitrogens is 4. The van der Waals surface area contributed by atoms with E-state index in [9.17, 15) is 19.2 Å². The Morgan fingerprint density at radius 3 is 1.36 bits per heavy atom. The highest BCUT2D eigenvalue weighted by molar-refractivity contribution is 5.88. The van der Waals surface area contributed by atoms with Crippen molar-refractivity contribution < 1.29 is 28.7 Å². The van der Waals surface area contributed by atoms with Gasteiger partial charge in [0.1, 0.15) is 23.7 Å². The highest BCUT2D eigenvalue weighted by atomic mass is 16.5. The van der Waals surface area contributed by atoms with E-state index in [1.807, 2.05) is 86.0 Å². The van der Waals surface area contributed by atoms with Gasteiger partial charge in [-0.3, -0.25) is 9.59 Å². The summed E-state index contributed by atoms with van der Waals surface area (Å²) >= 11 is 0. The largest absolute Gasteiger partial charge is 0.453 e. The molecule has 4 fully saturated rings. The molecule has 14 heteroatoms. The lowest BCUT2D eigenvalue weighted by molar-refractivity contribution is -0.137. The number of carbonyl (C=O) groups excluding carboxylic acids is 4. The summed E-state index contributed by atoms with van der Waals surface area (Å²) in [6.45, 7) is 7.66. The molecule has 2 saturated heterocycles. The number of nitrogens with one attached hydrogen (secondary N) is 4. The molecule has 58 heavy (non-hydrogen) atoms. The van der Waals surface area contributed by atoms with Crippen LogP contribution in [-0.2, 0) is 19.1 Å². The summed E-state index contributed by atoms with van der Waals surface area (Å²) in [5, 5.41) is 5.45. The molecule has 2 aliphatic carbocycles. The number of nitrogens with zero attached hydrogens (tertiary/aromatic N) is 4. The lowest BCUT2D eigenvalue weighted by Gasteiger charge is -2.31. The smallest absolute Gasteiger partial charge is 0.407 e. The van der Waals surface area contributed by atoms with Crippen molar-refractivity contribution in [3.05, 3.63) is 83.7 Å². The average Bonchev–Trinajstić information content (AvgIpc) is 3.81. The molecule has 0 spiro atoms. The number of hydrogen-bond donors (Lipinski definition) is 4. The summed E-state index contributed by atoms with van der Waals surface area (Å²) in [5.41, 5.74) is 5.36. The molecule has 8 rings (SSSR count). The van der Waals surface area contributed by atoms with Crippen molar-refractivity contribution in [3.63, 3.8) is 0 Å². The first-order valence-electron chi connectivity index (χ1n) is 20.1. The van der Waals surface area contributed by atoms with E-state index in [-0.39, 0.29) is 47.8 Å². The maximum atomic E-state index is 13.7. The van der Waals surface area contributed by atoms with E-state index in [2.05, 4.69) is 32.4 Å². The van der Waals surface area contributed by atoms with Gasteiger partial charge in [-0.2, -0.15) is 0 Å². The highest BCUT2D eigenvalue weighted by Gasteiger charge is 2.57. The number of H-pyrrole nitrogens is 2. The van der Waals surface area contributed by atoms with Crippen LogP contribution in [0.5, 0.6) is 0 Å². The van der Waals surface area contributed by atoms with E-state index < -0.39 is 24.3 Å². The molecule has 2 aliphatic heterocycles. The number of ether oxygens (including phenoxy) is 2. The minimum Gasteiger partial charge on any atom is -0.453 e. The van der Waals surface area contributed by atoms with Crippen molar-refractivity contribution in [2.24, 2.45) is 23.7 Å². The summed E-state index contributed by atoms with van der Waals surface area (Å²) in [7, 11) is 2.59. The third kappa shape index (κ3) is 7.65. The summed E-state index contributed by atoms with van der Waals surface area (Å²) in [6, 6.07) is 14.5. The van der Waals surface area contributed by atoms with Gasteiger partial charge in [0.05, 0.1) is 50.1 Å². The minimum absolute atomic E-state index is 0.0994. The predicted molar refractivity (Wildman–Crippen MR) is 215 cm³/mol. The predicted octanol–water partition coefficient (Wildman–Crippen LogP) is 5.95. The fourth-order valence-electron chi connectivity index (χ4n) is 8.67. The number of methoxy groups -OCH3 is 2. The second-order valence-corrected chi connectivity index (χ2v) is 16.6. The van der Waals surface area contributed by atoms with Gasteiger partial charge >= 0.3 is 12.2 Å². The van der Waals surface area contributed by atoms with Crippen LogP contribution in [0.25, 0.3) is 22.5 Å². The first-order valence-corrected chi connectivity index (χ1v) is 20.1. The maximum Gasteiger partial charge on any atom is 0.407 e. The zero-order chi connectivity index (χ0) is 40.8. The molecule has 4 amide bonds. The Labute approximate surface area is 337 Å². The van der Waals surface area contributed by atoms with E-state index in [1.165, 1.54) is 14.2 Å². The lowest BCUT2D eigenvalue weighted by Crippen LogP contribution is -2.52. The van der Waals surface area contributed by atoms with Gasteiger partial charge in [-0.1, -0.05) is 63.8 Å². The highest BCUT2D eigenvalue weighted by Crippen LogP contribution is 2.54. The Morgan fingerprint density at radius 1 is 0.638 bits per heavy atom. The Hall–Kier alpha value is -6.10. The van der Waals surface area contributed by atoms with E-state index in [0.29, 0.717) is 11.8 Å². The van der Waals surface area contributed by atoms with Crippen molar-refractivity contribution in [2.45, 2.75) is 89.6 Å². The number of likely N-dealkylation sites (tertiary alicyclic amines) is 2. The van der Waals surface area contributed by atoms with Gasteiger partial charge in [0.25, 0.3) is 0 Å². The quantitative estimate of drug-likeness (QED) is 0.143. The van der Waals surface area contributed by atoms with Crippen LogP contribution >= 0.6 is 0 Å². The average molecular weight is 787 g/mol. The molecule has 14 nitrogen and oxygen atoms in total. The van der Waals surface area contributed by atoms with Crippen LogP contribution in [0, 0.1) is 35.5 Å². The normalized spacial score (nSPS) is 23.7. The number of imidazole rings is 2. The Bertz CT molecular complexity index is 2100. The van der Waals surface area contributed by atoms with Crippen molar-refractivity contribution in [3.8, 4) is 34.4 Å². The van der Waals surface area contributed by atoms with Crippen LogP contribution in [0.4, 0.5) is 9.59 Å². The van der Waals surface area contributed by atoms with Crippen LogP contribution in [0.15, 0.2) is 60.9 Å². The van der Waals surface area contributed by atoms with Gasteiger partial charge in [-0.05, 0) is 84.7 Å². The van der Waals surface area contributed by atoms with Gasteiger partial charge in [0.2, 0.25) is 11.8 Å². The molecule has 0 radical (unpaired) electrons. The molecular formula is C44H50N8O6. The molecule has 4 aromatic rings. The van der Waals surface area contributed by atoms with Gasteiger partial charge in [-0.15, -0.1) is 0 Å². The van der Waals surface area contributed by atoms with E-state index in [1.54, 1.807) is 12.4 Å². The first-order chi connectivity index (χ1) is 27.9. The lowest BCUT2D eigenvalue weighted by atomic mass is 10.0. The fourth-order valence-corrected chi connectivity index (χ4v) is 8.67. The monoisotopic (exact) mass is 786 g/mol. The van der Waals surface area contributed by atoms with E-state index in [0.717, 1.165) is 71.0 Å². The molecule has 302 valence electrons. The van der Waals surface area contributed by atoms with Crippen LogP contribution in [-0.4, -0.2) is 92.1 Å². The number of hydrogen-bond acceptors (Lipinski definition) is 8. The van der Waals surface area contributed by atoms with Crippen LogP contribution < -0.4 is 10.6 Å². The van der Waals surface area contributed by atoms with Crippen molar-refractivity contribution in [2.75, 3.05) is 14.2 Å². The molecule has 2 aromatic carbocycles. The van der Waals surface area contributed by atoms with Gasteiger partial charge in [0.15, 0.2) is 0 Å². The number of carbonyl (C=O) groups is 4. The van der Waals surface area contributed by atoms with Gasteiger partial charge in [0, 0.05) is 23.2 Å². The number of benzene rings is 2. The number of rotatable bonds is 10. The first kappa shape index (κ1) is 38.8. The van der Waals surface area contributed by atoms with E-state index in [4.69, 9.17) is 19.4 Å². The second kappa shape index (κ2) is 15.7. The molecule has 2 saturated carbocycles.